The Hall–Kier alpha value is -2.96. The van der Waals surface area contributed by atoms with E-state index >= 15 is 0 Å². The molecule has 1 aromatic carbocycles. The SMILES string of the molecule is CN(CCO)c1cncc(Cc2c(-c3ccc(Cl)cc3)nc3ccccn23)n1. The number of hydrogen-bond acceptors (Lipinski definition) is 5. The van der Waals surface area contributed by atoms with Crippen LogP contribution in [-0.4, -0.2) is 44.7 Å². The van der Waals surface area contributed by atoms with Crippen LogP contribution in [0.1, 0.15) is 11.4 Å². The molecule has 4 rings (SSSR count). The molecule has 0 aliphatic heterocycles. The highest BCUT2D eigenvalue weighted by Gasteiger charge is 2.16. The molecular formula is C21H20ClN5O. The molecule has 3 heterocycles. The molecule has 0 spiro atoms. The minimum atomic E-state index is 0.0659. The zero-order valence-corrected chi connectivity index (χ0v) is 16.2. The number of imidazole rings is 1. The first-order valence-electron chi connectivity index (χ1n) is 9.00. The van der Waals surface area contributed by atoms with Crippen LogP contribution in [0.15, 0.2) is 61.1 Å². The molecule has 0 bridgehead atoms. The van der Waals surface area contributed by atoms with E-state index in [1.165, 1.54) is 0 Å². The molecule has 142 valence electrons. The number of halogens is 1. The summed E-state index contributed by atoms with van der Waals surface area (Å²) in [5, 5.41) is 9.86. The van der Waals surface area contributed by atoms with E-state index in [4.69, 9.17) is 26.7 Å². The number of likely N-dealkylation sites (N-methyl/N-ethyl adjacent to an activating group) is 1. The zero-order chi connectivity index (χ0) is 19.5. The first kappa shape index (κ1) is 18.4. The number of rotatable bonds is 6. The number of benzene rings is 1. The number of hydrogen-bond donors (Lipinski definition) is 1. The lowest BCUT2D eigenvalue weighted by atomic mass is 10.1. The molecule has 3 aromatic heterocycles. The maximum Gasteiger partial charge on any atom is 0.147 e. The quantitative estimate of drug-likeness (QED) is 0.543. The molecule has 28 heavy (non-hydrogen) atoms. The van der Waals surface area contributed by atoms with Crippen LogP contribution in [0.2, 0.25) is 5.02 Å². The fraction of sp³-hybridized carbons (Fsp3) is 0.190. The van der Waals surface area contributed by atoms with Crippen LogP contribution in [0, 0.1) is 0 Å². The maximum absolute atomic E-state index is 9.16. The summed E-state index contributed by atoms with van der Waals surface area (Å²) in [6.07, 6.45) is 6.06. The highest BCUT2D eigenvalue weighted by molar-refractivity contribution is 6.30. The second-order valence-corrected chi connectivity index (χ2v) is 6.97. The zero-order valence-electron chi connectivity index (χ0n) is 15.5. The molecular weight excluding hydrogens is 374 g/mol. The minimum Gasteiger partial charge on any atom is -0.395 e. The van der Waals surface area contributed by atoms with Gasteiger partial charge in [-0.2, -0.15) is 0 Å². The predicted molar refractivity (Wildman–Crippen MR) is 111 cm³/mol. The summed E-state index contributed by atoms with van der Waals surface area (Å²) in [5.41, 5.74) is 4.66. The molecule has 0 radical (unpaired) electrons. The Morgan fingerprint density at radius 2 is 1.89 bits per heavy atom. The van der Waals surface area contributed by atoms with Gasteiger partial charge in [0.2, 0.25) is 0 Å². The van der Waals surface area contributed by atoms with Crippen LogP contribution in [0.3, 0.4) is 0 Å². The Morgan fingerprint density at radius 1 is 1.07 bits per heavy atom. The van der Waals surface area contributed by atoms with Gasteiger partial charge in [0.25, 0.3) is 0 Å². The summed E-state index contributed by atoms with van der Waals surface area (Å²) < 4.78 is 2.08. The Labute approximate surface area is 168 Å². The van der Waals surface area contributed by atoms with Gasteiger partial charge in [-0.25, -0.2) is 9.97 Å². The summed E-state index contributed by atoms with van der Waals surface area (Å²) in [6.45, 7) is 0.570. The van der Waals surface area contributed by atoms with E-state index in [1.54, 1.807) is 12.4 Å². The number of fused-ring (bicyclic) bond motifs is 1. The molecule has 0 aliphatic carbocycles. The second-order valence-electron chi connectivity index (χ2n) is 6.53. The Balaban J connectivity index is 1.77. The van der Waals surface area contributed by atoms with E-state index in [1.807, 2.05) is 60.6 Å². The van der Waals surface area contributed by atoms with Crippen molar-refractivity contribution in [1.29, 1.82) is 0 Å². The Morgan fingerprint density at radius 3 is 2.68 bits per heavy atom. The number of nitrogens with zero attached hydrogens (tertiary/aromatic N) is 5. The highest BCUT2D eigenvalue weighted by Crippen LogP contribution is 2.27. The second kappa shape index (κ2) is 7.96. The van der Waals surface area contributed by atoms with Crippen molar-refractivity contribution in [3.63, 3.8) is 0 Å². The molecule has 0 atom stereocenters. The third kappa shape index (κ3) is 3.69. The van der Waals surface area contributed by atoms with E-state index in [0.29, 0.717) is 18.0 Å². The molecule has 0 aliphatic rings. The van der Waals surface area contributed by atoms with E-state index < -0.39 is 0 Å². The van der Waals surface area contributed by atoms with Gasteiger partial charge in [0.1, 0.15) is 11.5 Å². The summed E-state index contributed by atoms with van der Waals surface area (Å²) in [5.74, 6) is 0.730. The van der Waals surface area contributed by atoms with E-state index in [9.17, 15) is 0 Å². The summed E-state index contributed by atoms with van der Waals surface area (Å²) in [4.78, 5) is 15.7. The van der Waals surface area contributed by atoms with E-state index in [2.05, 4.69) is 9.38 Å². The fourth-order valence-electron chi connectivity index (χ4n) is 3.15. The molecule has 4 aromatic rings. The van der Waals surface area contributed by atoms with Crippen molar-refractivity contribution in [2.45, 2.75) is 6.42 Å². The Kier molecular flexibility index (Phi) is 5.23. The van der Waals surface area contributed by atoms with Gasteiger partial charge in [-0.3, -0.25) is 4.98 Å². The lowest BCUT2D eigenvalue weighted by Crippen LogP contribution is -2.22. The lowest BCUT2D eigenvalue weighted by Gasteiger charge is -2.16. The van der Waals surface area contributed by atoms with Crippen LogP contribution < -0.4 is 4.90 Å². The number of aliphatic hydroxyl groups excluding tert-OH is 1. The van der Waals surface area contributed by atoms with Crippen molar-refractivity contribution in [3.05, 3.63) is 77.5 Å². The van der Waals surface area contributed by atoms with Crippen LogP contribution >= 0.6 is 11.6 Å². The van der Waals surface area contributed by atoms with E-state index in [0.717, 1.165) is 34.1 Å². The van der Waals surface area contributed by atoms with Crippen molar-refractivity contribution in [2.75, 3.05) is 25.1 Å². The van der Waals surface area contributed by atoms with Crippen molar-refractivity contribution >= 4 is 23.1 Å². The number of aliphatic hydroxyl groups is 1. The van der Waals surface area contributed by atoms with Gasteiger partial charge in [-0.1, -0.05) is 29.8 Å². The molecule has 0 saturated carbocycles. The monoisotopic (exact) mass is 393 g/mol. The normalized spacial score (nSPS) is 11.1. The summed E-state index contributed by atoms with van der Waals surface area (Å²) >= 11 is 6.05. The molecule has 0 unspecified atom stereocenters. The largest absolute Gasteiger partial charge is 0.395 e. The number of pyridine rings is 1. The highest BCUT2D eigenvalue weighted by atomic mass is 35.5. The number of anilines is 1. The van der Waals surface area contributed by atoms with E-state index in [-0.39, 0.29) is 6.61 Å². The van der Waals surface area contributed by atoms with Gasteiger partial charge in [-0.15, -0.1) is 0 Å². The van der Waals surface area contributed by atoms with Gasteiger partial charge >= 0.3 is 0 Å². The van der Waals surface area contributed by atoms with Gasteiger partial charge in [0.05, 0.1) is 29.9 Å². The first-order valence-corrected chi connectivity index (χ1v) is 9.38. The topological polar surface area (TPSA) is 66.5 Å². The predicted octanol–water partition coefficient (Wildman–Crippen LogP) is 3.46. The minimum absolute atomic E-state index is 0.0659. The van der Waals surface area contributed by atoms with Gasteiger partial charge in [-0.05, 0) is 24.3 Å². The van der Waals surface area contributed by atoms with Gasteiger partial charge < -0.3 is 14.4 Å². The standard InChI is InChI=1S/C21H20ClN5O/c1-26(10-11-28)20-14-23-13-17(24-20)12-18-21(15-5-7-16(22)8-6-15)25-19-4-2-3-9-27(18)19/h2-9,13-14,28H,10-12H2,1H3. The third-order valence-electron chi connectivity index (χ3n) is 4.59. The average molecular weight is 394 g/mol. The van der Waals surface area contributed by atoms with Crippen LogP contribution in [-0.2, 0) is 6.42 Å². The van der Waals surface area contributed by atoms with Gasteiger partial charge in [0.15, 0.2) is 0 Å². The fourth-order valence-corrected chi connectivity index (χ4v) is 3.28. The summed E-state index contributed by atoms with van der Waals surface area (Å²) in [7, 11) is 1.89. The number of aromatic nitrogens is 4. The first-order chi connectivity index (χ1) is 13.7. The lowest BCUT2D eigenvalue weighted by molar-refractivity contribution is 0.304. The van der Waals surface area contributed by atoms with Crippen molar-refractivity contribution in [2.24, 2.45) is 0 Å². The van der Waals surface area contributed by atoms with Gasteiger partial charge in [0, 0.05) is 43.0 Å². The van der Waals surface area contributed by atoms with Crippen molar-refractivity contribution in [1.82, 2.24) is 19.4 Å². The Bertz CT molecular complexity index is 1090. The molecule has 6 nitrogen and oxygen atoms in total. The molecule has 1 N–H and O–H groups in total. The molecule has 7 heteroatoms. The summed E-state index contributed by atoms with van der Waals surface area (Å²) in [6, 6.07) is 13.6. The van der Waals surface area contributed by atoms with Crippen LogP contribution in [0.5, 0.6) is 0 Å². The maximum atomic E-state index is 9.16. The average Bonchev–Trinajstić information content (AvgIpc) is 3.07. The molecule has 0 fully saturated rings. The van der Waals surface area contributed by atoms with Crippen molar-refractivity contribution in [3.8, 4) is 11.3 Å². The van der Waals surface area contributed by atoms with Crippen molar-refractivity contribution < 1.29 is 5.11 Å². The smallest absolute Gasteiger partial charge is 0.147 e. The van der Waals surface area contributed by atoms with Crippen LogP contribution in [0.4, 0.5) is 5.82 Å². The third-order valence-corrected chi connectivity index (χ3v) is 4.85. The molecule has 0 amide bonds. The van der Waals surface area contributed by atoms with Crippen LogP contribution in [0.25, 0.3) is 16.9 Å². The molecule has 0 saturated heterocycles.